The predicted octanol–water partition coefficient (Wildman–Crippen LogP) is 2.55. The van der Waals surface area contributed by atoms with Gasteiger partial charge in [-0.25, -0.2) is 8.42 Å². The topological polar surface area (TPSA) is 74.6 Å². The first-order chi connectivity index (χ1) is 8.85. The Morgan fingerprint density at radius 1 is 0.947 bits per heavy atom. The second-order valence-electron chi connectivity index (χ2n) is 4.31. The van der Waals surface area contributed by atoms with Crippen molar-refractivity contribution < 1.29 is 18.6 Å². The average Bonchev–Trinajstić information content (AvgIpc) is 2.41. The highest BCUT2D eigenvalue weighted by molar-refractivity contribution is 7.91. The third-order valence-electron chi connectivity index (χ3n) is 3.15. The summed E-state index contributed by atoms with van der Waals surface area (Å²) in [5.41, 5.74) is 0.819. The zero-order valence-corrected chi connectivity index (χ0v) is 11.4. The standard InChI is InChI=1S/C14H14O4S/c1-9-10(2)14(16)13(8-12(9)15)19(17,18)11-6-4-3-5-7-11/h3-8,15-16H,1-2H3. The number of rotatable bonds is 2. The molecule has 0 bridgehead atoms. The molecule has 0 atom stereocenters. The maximum Gasteiger partial charge on any atom is 0.210 e. The maximum absolute atomic E-state index is 12.4. The van der Waals surface area contributed by atoms with Gasteiger partial charge in [0.25, 0.3) is 0 Å². The SMILES string of the molecule is Cc1c(O)cc(S(=O)(=O)c2ccccc2)c(O)c1C. The first kappa shape index (κ1) is 13.4. The van der Waals surface area contributed by atoms with Gasteiger partial charge in [0.15, 0.2) is 0 Å². The summed E-state index contributed by atoms with van der Waals surface area (Å²) < 4.78 is 24.8. The molecule has 4 nitrogen and oxygen atoms in total. The number of benzene rings is 2. The Bertz CT molecular complexity index is 719. The van der Waals surface area contributed by atoms with Crippen LogP contribution in [-0.2, 0) is 9.84 Å². The molecular formula is C14H14O4S. The van der Waals surface area contributed by atoms with Crippen LogP contribution in [0, 0.1) is 13.8 Å². The Morgan fingerprint density at radius 2 is 1.53 bits per heavy atom. The Morgan fingerprint density at radius 3 is 2.11 bits per heavy atom. The number of aromatic hydroxyl groups is 2. The van der Waals surface area contributed by atoms with Gasteiger partial charge >= 0.3 is 0 Å². The molecule has 2 aromatic rings. The molecule has 0 aliphatic heterocycles. The van der Waals surface area contributed by atoms with Gasteiger partial charge in [0.2, 0.25) is 9.84 Å². The van der Waals surface area contributed by atoms with E-state index in [1.165, 1.54) is 12.1 Å². The highest BCUT2D eigenvalue weighted by Crippen LogP contribution is 2.37. The first-order valence-electron chi connectivity index (χ1n) is 5.68. The molecule has 0 spiro atoms. The van der Waals surface area contributed by atoms with Gasteiger partial charge in [-0.1, -0.05) is 18.2 Å². The van der Waals surface area contributed by atoms with Crippen molar-refractivity contribution in [3.8, 4) is 11.5 Å². The molecule has 2 N–H and O–H groups in total. The molecule has 0 aliphatic rings. The molecule has 100 valence electrons. The fourth-order valence-electron chi connectivity index (χ4n) is 1.79. The molecular weight excluding hydrogens is 264 g/mol. The summed E-state index contributed by atoms with van der Waals surface area (Å²) in [5, 5.41) is 19.7. The predicted molar refractivity (Wildman–Crippen MR) is 71.1 cm³/mol. The summed E-state index contributed by atoms with van der Waals surface area (Å²) in [5.74, 6) is -0.469. The summed E-state index contributed by atoms with van der Waals surface area (Å²) in [6.45, 7) is 3.18. The van der Waals surface area contributed by atoms with Gasteiger partial charge in [0.05, 0.1) is 4.90 Å². The van der Waals surface area contributed by atoms with E-state index in [4.69, 9.17) is 0 Å². The molecule has 2 rings (SSSR count). The third kappa shape index (κ3) is 2.17. The van der Waals surface area contributed by atoms with Gasteiger partial charge in [-0.15, -0.1) is 0 Å². The third-order valence-corrected chi connectivity index (χ3v) is 4.93. The van der Waals surface area contributed by atoms with Crippen LogP contribution in [0.25, 0.3) is 0 Å². The van der Waals surface area contributed by atoms with Crippen LogP contribution >= 0.6 is 0 Å². The number of phenols is 2. The molecule has 0 heterocycles. The fourth-order valence-corrected chi connectivity index (χ4v) is 3.23. The Labute approximate surface area is 111 Å². The highest BCUT2D eigenvalue weighted by atomic mass is 32.2. The maximum atomic E-state index is 12.4. The van der Waals surface area contributed by atoms with Crippen molar-refractivity contribution in [1.29, 1.82) is 0 Å². The molecule has 0 amide bonds. The molecule has 0 saturated heterocycles. The van der Waals surface area contributed by atoms with Crippen LogP contribution in [0.3, 0.4) is 0 Å². The smallest absolute Gasteiger partial charge is 0.210 e. The largest absolute Gasteiger partial charge is 0.508 e. The number of hydrogen-bond acceptors (Lipinski definition) is 4. The summed E-state index contributed by atoms with van der Waals surface area (Å²) in [6.07, 6.45) is 0. The molecule has 0 radical (unpaired) electrons. The van der Waals surface area contributed by atoms with E-state index < -0.39 is 9.84 Å². The van der Waals surface area contributed by atoms with Crippen LogP contribution in [0.1, 0.15) is 11.1 Å². The Kier molecular flexibility index (Phi) is 3.24. The average molecular weight is 278 g/mol. The minimum absolute atomic E-state index is 0.0768. The molecule has 0 saturated carbocycles. The van der Waals surface area contributed by atoms with Gasteiger partial charge in [-0.05, 0) is 37.1 Å². The van der Waals surface area contributed by atoms with Gasteiger partial charge in [-0.3, -0.25) is 0 Å². The summed E-state index contributed by atoms with van der Waals surface area (Å²) in [6, 6.07) is 8.88. The highest BCUT2D eigenvalue weighted by Gasteiger charge is 2.24. The van der Waals surface area contributed by atoms with Crippen molar-refractivity contribution in [2.75, 3.05) is 0 Å². The fraction of sp³-hybridized carbons (Fsp3) is 0.143. The van der Waals surface area contributed by atoms with E-state index in [1.54, 1.807) is 32.0 Å². The van der Waals surface area contributed by atoms with Gasteiger partial charge < -0.3 is 10.2 Å². The second-order valence-corrected chi connectivity index (χ2v) is 6.23. The molecule has 5 heteroatoms. The lowest BCUT2D eigenvalue weighted by atomic mass is 10.1. The molecule has 0 fully saturated rings. The van der Waals surface area contributed by atoms with Gasteiger partial charge in [-0.2, -0.15) is 0 Å². The monoisotopic (exact) mass is 278 g/mol. The van der Waals surface area contributed by atoms with Crippen molar-refractivity contribution in [1.82, 2.24) is 0 Å². The lowest BCUT2D eigenvalue weighted by Gasteiger charge is -2.12. The normalized spacial score (nSPS) is 11.5. The van der Waals surface area contributed by atoms with Crippen LogP contribution < -0.4 is 0 Å². The number of hydrogen-bond donors (Lipinski definition) is 2. The molecule has 0 aromatic heterocycles. The van der Waals surface area contributed by atoms with Crippen molar-refractivity contribution >= 4 is 9.84 Å². The van der Waals surface area contributed by atoms with Gasteiger partial charge in [0.1, 0.15) is 16.4 Å². The van der Waals surface area contributed by atoms with E-state index in [2.05, 4.69) is 0 Å². The number of sulfone groups is 1. The van der Waals surface area contributed by atoms with Gasteiger partial charge in [0, 0.05) is 6.07 Å². The Balaban J connectivity index is 2.73. The van der Waals surface area contributed by atoms with E-state index in [0.717, 1.165) is 6.07 Å². The van der Waals surface area contributed by atoms with E-state index in [0.29, 0.717) is 11.1 Å². The first-order valence-corrected chi connectivity index (χ1v) is 7.16. The zero-order valence-electron chi connectivity index (χ0n) is 10.6. The van der Waals surface area contributed by atoms with Crippen LogP contribution in [0.15, 0.2) is 46.2 Å². The van der Waals surface area contributed by atoms with E-state index in [-0.39, 0.29) is 21.3 Å². The minimum Gasteiger partial charge on any atom is -0.508 e. The van der Waals surface area contributed by atoms with Crippen LogP contribution in [-0.4, -0.2) is 18.6 Å². The van der Waals surface area contributed by atoms with E-state index in [1.807, 2.05) is 0 Å². The van der Waals surface area contributed by atoms with Crippen molar-refractivity contribution in [3.05, 3.63) is 47.5 Å². The summed E-state index contributed by atoms with van der Waals surface area (Å²) in [4.78, 5) is -0.202. The van der Waals surface area contributed by atoms with Crippen LogP contribution in [0.5, 0.6) is 11.5 Å². The van der Waals surface area contributed by atoms with E-state index in [9.17, 15) is 18.6 Å². The zero-order chi connectivity index (χ0) is 14.2. The minimum atomic E-state index is -3.84. The quantitative estimate of drug-likeness (QED) is 0.828. The summed E-state index contributed by atoms with van der Waals surface area (Å²) >= 11 is 0. The lowest BCUT2D eigenvalue weighted by Crippen LogP contribution is -2.03. The van der Waals surface area contributed by atoms with Crippen molar-refractivity contribution in [3.63, 3.8) is 0 Å². The van der Waals surface area contributed by atoms with Crippen LogP contribution in [0.2, 0.25) is 0 Å². The molecule has 0 aliphatic carbocycles. The second kappa shape index (κ2) is 4.59. The lowest BCUT2D eigenvalue weighted by molar-refractivity contribution is 0.438. The van der Waals surface area contributed by atoms with E-state index >= 15 is 0 Å². The molecule has 0 unspecified atom stereocenters. The van der Waals surface area contributed by atoms with Crippen LogP contribution in [0.4, 0.5) is 0 Å². The van der Waals surface area contributed by atoms with Crippen molar-refractivity contribution in [2.24, 2.45) is 0 Å². The molecule has 19 heavy (non-hydrogen) atoms. The molecule has 2 aromatic carbocycles. The summed E-state index contributed by atoms with van der Waals surface area (Å²) in [7, 11) is -3.84. The van der Waals surface area contributed by atoms with Crippen molar-refractivity contribution in [2.45, 2.75) is 23.6 Å². The number of phenolic OH excluding ortho intramolecular Hbond substituents is 2. The Hall–Kier alpha value is -2.01.